The lowest BCUT2D eigenvalue weighted by Crippen LogP contribution is -2.34. The summed E-state index contributed by atoms with van der Waals surface area (Å²) in [5.41, 5.74) is 4.18. The predicted molar refractivity (Wildman–Crippen MR) is 172 cm³/mol. The largest absolute Gasteiger partial charge is 0.478 e. The fourth-order valence-corrected chi connectivity index (χ4v) is 6.73. The van der Waals surface area contributed by atoms with Gasteiger partial charge in [0.05, 0.1) is 47.3 Å². The number of carbonyl (C=O) groups is 1. The van der Waals surface area contributed by atoms with E-state index in [4.69, 9.17) is 26.1 Å². The SMILES string of the molecule is CCn1cncc1Cn1c(CN2CCC(c3cccc4c3OC(C)(c3ccc(Cl)cc3F)O4)CC2)nc2ccc(C(=O)O)cc21.N. The first-order valence-corrected chi connectivity index (χ1v) is 15.5. The van der Waals surface area contributed by atoms with Gasteiger partial charge in [0.2, 0.25) is 0 Å². The third-order valence-electron chi connectivity index (χ3n) is 8.96. The van der Waals surface area contributed by atoms with Crippen LogP contribution in [0.3, 0.4) is 0 Å². The molecule has 4 N–H and O–H groups in total. The van der Waals surface area contributed by atoms with Crippen LogP contribution in [0.4, 0.5) is 4.39 Å². The Labute approximate surface area is 270 Å². The molecule has 12 heteroatoms. The van der Waals surface area contributed by atoms with Crippen LogP contribution in [-0.2, 0) is 25.4 Å². The van der Waals surface area contributed by atoms with E-state index in [1.807, 2.05) is 24.7 Å². The number of fused-ring (bicyclic) bond motifs is 2. The van der Waals surface area contributed by atoms with Crippen molar-refractivity contribution < 1.29 is 23.8 Å². The van der Waals surface area contributed by atoms with E-state index in [0.717, 1.165) is 60.6 Å². The van der Waals surface area contributed by atoms with Gasteiger partial charge < -0.3 is 29.9 Å². The van der Waals surface area contributed by atoms with Crippen molar-refractivity contribution in [2.75, 3.05) is 13.1 Å². The number of carboxylic acids is 1. The van der Waals surface area contributed by atoms with Crippen LogP contribution in [0.2, 0.25) is 5.02 Å². The van der Waals surface area contributed by atoms with Gasteiger partial charge in [-0.05, 0) is 81.2 Å². The van der Waals surface area contributed by atoms with Gasteiger partial charge in [-0.3, -0.25) is 4.90 Å². The minimum Gasteiger partial charge on any atom is -0.478 e. The zero-order chi connectivity index (χ0) is 31.3. The number of imidazole rings is 2. The number of benzene rings is 3. The number of carboxylic acid groups (broad SMARTS) is 1. The molecule has 10 nitrogen and oxygen atoms in total. The molecule has 1 fully saturated rings. The number of halogens is 2. The maximum Gasteiger partial charge on any atom is 0.335 e. The molecule has 0 radical (unpaired) electrons. The monoisotopic (exact) mass is 646 g/mol. The fraction of sp³-hybridized carbons (Fsp3) is 0.324. The van der Waals surface area contributed by atoms with Crippen LogP contribution in [0.5, 0.6) is 11.5 Å². The van der Waals surface area contributed by atoms with Crippen LogP contribution < -0.4 is 15.6 Å². The number of rotatable bonds is 8. The number of aromatic nitrogens is 4. The molecule has 0 spiro atoms. The van der Waals surface area contributed by atoms with Gasteiger partial charge >= 0.3 is 5.97 Å². The first kappa shape index (κ1) is 31.5. The second-order valence-corrected chi connectivity index (χ2v) is 12.2. The van der Waals surface area contributed by atoms with Gasteiger partial charge in [-0.15, -0.1) is 0 Å². The number of likely N-dealkylation sites (tertiary alicyclic amines) is 1. The average Bonchev–Trinajstić information content (AvgIpc) is 3.72. The highest BCUT2D eigenvalue weighted by Crippen LogP contribution is 2.49. The molecule has 1 unspecified atom stereocenters. The van der Waals surface area contributed by atoms with Gasteiger partial charge in [0.1, 0.15) is 11.6 Å². The Hall–Kier alpha value is -4.45. The van der Waals surface area contributed by atoms with Crippen molar-refractivity contribution in [1.29, 1.82) is 0 Å². The number of aromatic carboxylic acids is 1. The zero-order valence-electron chi connectivity index (χ0n) is 25.7. The van der Waals surface area contributed by atoms with Crippen molar-refractivity contribution in [3.63, 3.8) is 0 Å². The molecule has 0 saturated carbocycles. The van der Waals surface area contributed by atoms with E-state index >= 15 is 0 Å². The summed E-state index contributed by atoms with van der Waals surface area (Å²) in [6.45, 7) is 7.44. The highest BCUT2D eigenvalue weighted by molar-refractivity contribution is 6.30. The van der Waals surface area contributed by atoms with E-state index in [0.29, 0.717) is 35.2 Å². The van der Waals surface area contributed by atoms with E-state index in [9.17, 15) is 14.3 Å². The number of ether oxygens (including phenoxy) is 2. The van der Waals surface area contributed by atoms with Crippen LogP contribution in [0.1, 0.15) is 65.6 Å². The van der Waals surface area contributed by atoms with E-state index < -0.39 is 17.6 Å². The van der Waals surface area contributed by atoms with Crippen molar-refractivity contribution in [2.45, 2.75) is 58.0 Å². The minimum atomic E-state index is -1.29. The highest BCUT2D eigenvalue weighted by Gasteiger charge is 2.43. The molecule has 1 saturated heterocycles. The van der Waals surface area contributed by atoms with Crippen LogP contribution in [0, 0.1) is 5.82 Å². The molecule has 2 aliphatic heterocycles. The van der Waals surface area contributed by atoms with E-state index in [1.54, 1.807) is 37.3 Å². The Kier molecular flexibility index (Phi) is 8.49. The highest BCUT2D eigenvalue weighted by atomic mass is 35.5. The Morgan fingerprint density at radius 2 is 1.91 bits per heavy atom. The molecular weight excluding hydrogens is 611 g/mol. The number of piperidine rings is 1. The second-order valence-electron chi connectivity index (χ2n) is 11.8. The quantitative estimate of drug-likeness (QED) is 0.185. The van der Waals surface area contributed by atoms with Crippen molar-refractivity contribution in [1.82, 2.24) is 30.2 Å². The summed E-state index contributed by atoms with van der Waals surface area (Å²) in [6.07, 6.45) is 5.46. The molecule has 5 aromatic rings. The van der Waals surface area contributed by atoms with Crippen molar-refractivity contribution >= 4 is 28.6 Å². The lowest BCUT2D eigenvalue weighted by Gasteiger charge is -2.32. The zero-order valence-corrected chi connectivity index (χ0v) is 26.5. The molecule has 2 aromatic heterocycles. The summed E-state index contributed by atoms with van der Waals surface area (Å²) in [5, 5.41) is 9.95. The summed E-state index contributed by atoms with van der Waals surface area (Å²) in [5.74, 6) is -0.338. The molecule has 2 aliphatic rings. The summed E-state index contributed by atoms with van der Waals surface area (Å²) in [4.78, 5) is 23.4. The summed E-state index contributed by atoms with van der Waals surface area (Å²) >= 11 is 5.98. The molecule has 7 rings (SSSR count). The predicted octanol–water partition coefficient (Wildman–Crippen LogP) is 6.98. The number of hydrogen-bond acceptors (Lipinski definition) is 7. The maximum atomic E-state index is 14.9. The topological polar surface area (TPSA) is 130 Å². The third-order valence-corrected chi connectivity index (χ3v) is 9.19. The van der Waals surface area contributed by atoms with Gasteiger partial charge in [-0.25, -0.2) is 19.2 Å². The second kappa shape index (κ2) is 12.4. The Bertz CT molecular complexity index is 1920. The van der Waals surface area contributed by atoms with Gasteiger partial charge in [-0.1, -0.05) is 23.7 Å². The molecule has 0 amide bonds. The Morgan fingerprint density at radius 1 is 1.11 bits per heavy atom. The minimum absolute atomic E-state index is 0. The number of hydrogen-bond donors (Lipinski definition) is 2. The van der Waals surface area contributed by atoms with Crippen molar-refractivity contribution in [3.8, 4) is 11.5 Å². The molecule has 0 bridgehead atoms. The van der Waals surface area contributed by atoms with Crippen LogP contribution in [0.25, 0.3) is 11.0 Å². The van der Waals surface area contributed by atoms with Crippen molar-refractivity contribution in [3.05, 3.63) is 106 Å². The number of para-hydroxylation sites is 1. The molecule has 4 heterocycles. The van der Waals surface area contributed by atoms with Crippen LogP contribution in [0.15, 0.2) is 67.1 Å². The average molecular weight is 647 g/mol. The van der Waals surface area contributed by atoms with Gasteiger partial charge in [-0.2, -0.15) is 0 Å². The van der Waals surface area contributed by atoms with Crippen LogP contribution in [-0.4, -0.2) is 48.2 Å². The molecule has 1 atom stereocenters. The number of aryl methyl sites for hydroxylation is 1. The van der Waals surface area contributed by atoms with Gasteiger partial charge in [0.15, 0.2) is 11.5 Å². The Balaban J connectivity index is 0.00000372. The van der Waals surface area contributed by atoms with Crippen LogP contribution >= 0.6 is 11.6 Å². The fourth-order valence-electron chi connectivity index (χ4n) is 6.57. The smallest absolute Gasteiger partial charge is 0.335 e. The Morgan fingerprint density at radius 3 is 2.65 bits per heavy atom. The van der Waals surface area contributed by atoms with Gasteiger partial charge in [0, 0.05) is 30.3 Å². The lowest BCUT2D eigenvalue weighted by atomic mass is 9.88. The third kappa shape index (κ3) is 5.70. The number of nitrogens with zero attached hydrogens (tertiary/aromatic N) is 5. The normalized spacial score (nSPS) is 18.2. The molecular formula is C34H36ClFN6O4. The van der Waals surface area contributed by atoms with Gasteiger partial charge in [0.25, 0.3) is 5.79 Å². The first-order valence-electron chi connectivity index (χ1n) is 15.1. The maximum absolute atomic E-state index is 14.9. The van der Waals surface area contributed by atoms with E-state index in [1.165, 1.54) is 6.07 Å². The summed E-state index contributed by atoms with van der Waals surface area (Å²) in [6, 6.07) is 15.5. The molecule has 240 valence electrons. The molecule has 46 heavy (non-hydrogen) atoms. The molecule has 0 aliphatic carbocycles. The van der Waals surface area contributed by atoms with Crippen molar-refractivity contribution in [2.24, 2.45) is 0 Å². The summed E-state index contributed by atoms with van der Waals surface area (Å²) in [7, 11) is 0. The van der Waals surface area contributed by atoms with E-state index in [2.05, 4.69) is 32.0 Å². The standard InChI is InChI=1S/C34H33ClFN5O4.H3N/c1-3-40-20-37-17-24(40)18-41-29-15-22(33(42)43)7-10-28(29)38-31(41)19-39-13-11-21(12-14-39)25-5-4-6-30-32(25)45-34(2,44-30)26-9-8-23(35)16-27(26)36;/h4-10,15-17,20-21H,3,11-14,18-19H2,1-2H3,(H,42,43);1H3. The summed E-state index contributed by atoms with van der Waals surface area (Å²) < 4.78 is 31.6. The lowest BCUT2D eigenvalue weighted by molar-refractivity contribution is -0.0712. The molecule has 3 aromatic carbocycles. The van der Waals surface area contributed by atoms with E-state index in [-0.39, 0.29) is 17.6 Å². The first-order chi connectivity index (χ1) is 21.7.